The van der Waals surface area contributed by atoms with Gasteiger partial charge in [0.15, 0.2) is 0 Å². The lowest BCUT2D eigenvalue weighted by Gasteiger charge is -2.28. The zero-order valence-corrected chi connectivity index (χ0v) is 18.2. The van der Waals surface area contributed by atoms with Gasteiger partial charge in [0.05, 0.1) is 19.3 Å². The first-order valence-electron chi connectivity index (χ1n) is 9.97. The van der Waals surface area contributed by atoms with Gasteiger partial charge in [-0.3, -0.25) is 0 Å². The summed E-state index contributed by atoms with van der Waals surface area (Å²) in [5.41, 5.74) is 2.19. The lowest BCUT2D eigenvalue weighted by Crippen LogP contribution is -2.29. The van der Waals surface area contributed by atoms with E-state index in [0.717, 1.165) is 29.2 Å². The van der Waals surface area contributed by atoms with Crippen molar-refractivity contribution >= 4 is 23.7 Å². The van der Waals surface area contributed by atoms with E-state index in [0.29, 0.717) is 23.3 Å². The molecule has 156 valence electrons. The maximum Gasteiger partial charge on any atom is 0.338 e. The molecule has 1 unspecified atom stereocenters. The van der Waals surface area contributed by atoms with Crippen molar-refractivity contribution in [1.82, 2.24) is 14.8 Å². The van der Waals surface area contributed by atoms with Crippen LogP contribution in [0.1, 0.15) is 51.6 Å². The summed E-state index contributed by atoms with van der Waals surface area (Å²) in [6.45, 7) is 6.17. The zero-order chi connectivity index (χ0) is 20.8. The zero-order valence-electron chi connectivity index (χ0n) is 17.4. The number of anilines is 1. The minimum Gasteiger partial charge on any atom is -0.497 e. The molecule has 29 heavy (non-hydrogen) atoms. The number of benzene rings is 1. The number of rotatable bonds is 9. The fourth-order valence-electron chi connectivity index (χ4n) is 3.28. The topological polar surface area (TPSA) is 78.3 Å². The Morgan fingerprint density at radius 1 is 1.24 bits per heavy atom. The van der Waals surface area contributed by atoms with Crippen LogP contribution < -0.4 is 10.1 Å². The van der Waals surface area contributed by atoms with Crippen LogP contribution in [0.3, 0.4) is 0 Å². The fraction of sp³-hybridized carbons (Fsp3) is 0.476. The average Bonchev–Trinajstić information content (AvgIpc) is 3.12. The van der Waals surface area contributed by atoms with Gasteiger partial charge in [-0.25, -0.2) is 9.48 Å². The Balaban J connectivity index is 1.97. The molecule has 0 radical (unpaired) electrons. The Morgan fingerprint density at radius 2 is 2.00 bits per heavy atom. The third-order valence-corrected chi connectivity index (χ3v) is 5.66. The molecule has 0 saturated carbocycles. The van der Waals surface area contributed by atoms with Gasteiger partial charge in [-0.15, -0.1) is 5.10 Å². The van der Waals surface area contributed by atoms with Crippen molar-refractivity contribution in [2.45, 2.75) is 51.2 Å². The SMILES string of the molecule is CCCCCSc1nc2n(n1)C(c1ccc(OC)cc1)C(C(=O)OCC)=C(C)N2. The third-order valence-electron chi connectivity index (χ3n) is 4.74. The molecule has 0 aliphatic carbocycles. The predicted molar refractivity (Wildman–Crippen MR) is 114 cm³/mol. The van der Waals surface area contributed by atoms with E-state index in [9.17, 15) is 4.79 Å². The lowest BCUT2D eigenvalue weighted by atomic mass is 9.96. The van der Waals surface area contributed by atoms with E-state index in [4.69, 9.17) is 14.6 Å². The highest BCUT2D eigenvalue weighted by molar-refractivity contribution is 7.99. The number of allylic oxidation sites excluding steroid dienone is 1. The Bertz CT molecular complexity index is 877. The van der Waals surface area contributed by atoms with E-state index in [-0.39, 0.29) is 5.97 Å². The Hall–Kier alpha value is -2.48. The number of aromatic nitrogens is 3. The monoisotopic (exact) mass is 416 g/mol. The number of hydrogen-bond donors (Lipinski definition) is 1. The maximum absolute atomic E-state index is 12.8. The second-order valence-corrected chi connectivity index (χ2v) is 7.84. The van der Waals surface area contributed by atoms with E-state index in [1.807, 2.05) is 31.2 Å². The molecule has 1 aliphatic rings. The summed E-state index contributed by atoms with van der Waals surface area (Å²) in [6, 6.07) is 7.24. The number of ether oxygens (including phenoxy) is 2. The van der Waals surface area contributed by atoms with Crippen molar-refractivity contribution in [3.63, 3.8) is 0 Å². The van der Waals surface area contributed by atoms with Gasteiger partial charge in [-0.2, -0.15) is 4.98 Å². The van der Waals surface area contributed by atoms with Crippen LogP contribution in [0.15, 0.2) is 40.7 Å². The van der Waals surface area contributed by atoms with Gasteiger partial charge < -0.3 is 14.8 Å². The summed E-state index contributed by atoms with van der Waals surface area (Å²) < 4.78 is 12.4. The van der Waals surface area contributed by atoms with Crippen molar-refractivity contribution in [2.75, 3.05) is 24.8 Å². The number of nitrogens with one attached hydrogen (secondary N) is 1. The van der Waals surface area contributed by atoms with E-state index >= 15 is 0 Å². The normalized spacial score (nSPS) is 15.7. The molecule has 8 heteroatoms. The molecule has 1 N–H and O–H groups in total. The standard InChI is InChI=1S/C21H28N4O3S/c1-5-7-8-13-29-21-23-20-22-14(3)17(19(26)28-6-2)18(25(20)24-21)15-9-11-16(27-4)12-10-15/h9-12,18H,5-8,13H2,1-4H3,(H,22,23,24). The quantitative estimate of drug-likeness (QED) is 0.368. The summed E-state index contributed by atoms with van der Waals surface area (Å²) in [5.74, 6) is 2.01. The number of nitrogens with zero attached hydrogens (tertiary/aromatic N) is 3. The second-order valence-electron chi connectivity index (χ2n) is 6.78. The van der Waals surface area contributed by atoms with Crippen LogP contribution in [-0.4, -0.2) is 40.2 Å². The molecule has 0 spiro atoms. The van der Waals surface area contributed by atoms with Crippen molar-refractivity contribution in [1.29, 1.82) is 0 Å². The number of unbranched alkanes of at least 4 members (excludes halogenated alkanes) is 2. The van der Waals surface area contributed by atoms with Crippen LogP contribution in [0.4, 0.5) is 5.95 Å². The van der Waals surface area contributed by atoms with Gasteiger partial charge in [-0.05, 0) is 38.0 Å². The molecule has 2 aromatic rings. The van der Waals surface area contributed by atoms with Crippen LogP contribution in [0.5, 0.6) is 5.75 Å². The highest BCUT2D eigenvalue weighted by atomic mass is 32.2. The number of esters is 1. The number of carbonyl (C=O) groups is 1. The van der Waals surface area contributed by atoms with Gasteiger partial charge in [0.2, 0.25) is 11.1 Å². The predicted octanol–water partition coefficient (Wildman–Crippen LogP) is 4.42. The first kappa shape index (κ1) is 21.2. The van der Waals surface area contributed by atoms with Crippen molar-refractivity contribution in [3.8, 4) is 5.75 Å². The molecule has 7 nitrogen and oxygen atoms in total. The molecular weight excluding hydrogens is 388 g/mol. The van der Waals surface area contributed by atoms with Gasteiger partial charge in [-0.1, -0.05) is 43.7 Å². The number of carbonyl (C=O) groups excluding carboxylic acids is 1. The van der Waals surface area contributed by atoms with Crippen LogP contribution in [0.25, 0.3) is 0 Å². The van der Waals surface area contributed by atoms with Crippen molar-refractivity contribution in [2.24, 2.45) is 0 Å². The van der Waals surface area contributed by atoms with Crippen LogP contribution >= 0.6 is 11.8 Å². The van der Waals surface area contributed by atoms with E-state index in [2.05, 4.69) is 17.2 Å². The summed E-state index contributed by atoms with van der Waals surface area (Å²) in [7, 11) is 1.63. The molecule has 0 saturated heterocycles. The van der Waals surface area contributed by atoms with E-state index < -0.39 is 6.04 Å². The number of methoxy groups -OCH3 is 1. The largest absolute Gasteiger partial charge is 0.497 e. The fourth-order valence-corrected chi connectivity index (χ4v) is 4.10. The van der Waals surface area contributed by atoms with E-state index in [1.54, 1.807) is 30.5 Å². The molecule has 1 atom stereocenters. The number of fused-ring (bicyclic) bond motifs is 1. The minimum atomic E-state index is -0.409. The molecule has 0 amide bonds. The summed E-state index contributed by atoms with van der Waals surface area (Å²) in [4.78, 5) is 17.4. The Morgan fingerprint density at radius 3 is 2.66 bits per heavy atom. The molecule has 1 aromatic carbocycles. The molecular formula is C21H28N4O3S. The maximum atomic E-state index is 12.8. The summed E-state index contributed by atoms with van der Waals surface area (Å²) in [6.07, 6.45) is 3.51. The van der Waals surface area contributed by atoms with Crippen LogP contribution in [0.2, 0.25) is 0 Å². The molecule has 1 aliphatic heterocycles. The molecule has 2 heterocycles. The first-order chi connectivity index (χ1) is 14.1. The highest BCUT2D eigenvalue weighted by Crippen LogP contribution is 2.37. The van der Waals surface area contributed by atoms with Crippen molar-refractivity contribution < 1.29 is 14.3 Å². The summed E-state index contributed by atoms with van der Waals surface area (Å²) in [5, 5.41) is 8.64. The first-order valence-corrected chi connectivity index (χ1v) is 11.0. The van der Waals surface area contributed by atoms with E-state index in [1.165, 1.54) is 12.8 Å². The minimum absolute atomic E-state index is 0.313. The number of thioether (sulfide) groups is 1. The van der Waals surface area contributed by atoms with Crippen LogP contribution in [0, 0.1) is 0 Å². The van der Waals surface area contributed by atoms with Gasteiger partial charge in [0, 0.05) is 11.4 Å². The molecule has 1 aromatic heterocycles. The van der Waals surface area contributed by atoms with Gasteiger partial charge in [0.25, 0.3) is 0 Å². The number of hydrogen-bond acceptors (Lipinski definition) is 7. The third kappa shape index (κ3) is 4.75. The van der Waals surface area contributed by atoms with Gasteiger partial charge >= 0.3 is 5.97 Å². The average molecular weight is 417 g/mol. The second kappa shape index (κ2) is 9.82. The van der Waals surface area contributed by atoms with Crippen molar-refractivity contribution in [3.05, 3.63) is 41.1 Å². The lowest BCUT2D eigenvalue weighted by molar-refractivity contribution is -0.139. The summed E-state index contributed by atoms with van der Waals surface area (Å²) >= 11 is 1.64. The van der Waals surface area contributed by atoms with Gasteiger partial charge in [0.1, 0.15) is 11.8 Å². The Kier molecular flexibility index (Phi) is 7.19. The smallest absolute Gasteiger partial charge is 0.338 e. The highest BCUT2D eigenvalue weighted by Gasteiger charge is 2.35. The van der Waals surface area contributed by atoms with Crippen LogP contribution in [-0.2, 0) is 9.53 Å². The Labute approximate surface area is 175 Å². The molecule has 3 rings (SSSR count). The molecule has 0 bridgehead atoms. The molecule has 0 fully saturated rings.